The van der Waals surface area contributed by atoms with Crippen LogP contribution in [0.1, 0.15) is 84.6 Å². The summed E-state index contributed by atoms with van der Waals surface area (Å²) in [5.41, 5.74) is 4.25. The van der Waals surface area contributed by atoms with Gasteiger partial charge in [0, 0.05) is 29.3 Å². The second kappa shape index (κ2) is 11.0. The van der Waals surface area contributed by atoms with E-state index in [0.29, 0.717) is 17.5 Å². The van der Waals surface area contributed by atoms with Gasteiger partial charge in [0.15, 0.2) is 17.3 Å². The molecule has 33 heavy (non-hydrogen) atoms. The van der Waals surface area contributed by atoms with E-state index in [4.69, 9.17) is 9.47 Å². The Labute approximate surface area is 196 Å². The van der Waals surface area contributed by atoms with Crippen molar-refractivity contribution in [2.24, 2.45) is 5.92 Å². The molecular weight excluding hydrogens is 416 g/mol. The number of aromatic nitrogens is 1. The summed E-state index contributed by atoms with van der Waals surface area (Å²) in [5.74, 6) is 1.67. The van der Waals surface area contributed by atoms with E-state index in [0.717, 1.165) is 68.3 Å². The highest BCUT2D eigenvalue weighted by molar-refractivity contribution is 6.02. The van der Waals surface area contributed by atoms with E-state index in [1.54, 1.807) is 20.3 Å². The number of aromatic amines is 1. The van der Waals surface area contributed by atoms with Crippen molar-refractivity contribution < 1.29 is 14.3 Å². The van der Waals surface area contributed by atoms with Crippen molar-refractivity contribution in [3.05, 3.63) is 57.0 Å². The number of benzene rings is 1. The fraction of sp³-hybridized carbons (Fsp3) is 0.556. The monoisotopic (exact) mass is 452 g/mol. The van der Waals surface area contributed by atoms with Crippen LogP contribution < -0.4 is 20.3 Å². The van der Waals surface area contributed by atoms with Gasteiger partial charge in [0.1, 0.15) is 0 Å². The molecule has 178 valence electrons. The van der Waals surface area contributed by atoms with Gasteiger partial charge >= 0.3 is 0 Å². The topological polar surface area (TPSA) is 80.4 Å². The van der Waals surface area contributed by atoms with Gasteiger partial charge in [-0.15, -0.1) is 0 Å². The van der Waals surface area contributed by atoms with Crippen molar-refractivity contribution >= 4 is 5.78 Å². The first-order valence-electron chi connectivity index (χ1n) is 12.3. The van der Waals surface area contributed by atoms with Crippen LogP contribution in [0.25, 0.3) is 0 Å². The average molecular weight is 453 g/mol. The zero-order valence-corrected chi connectivity index (χ0v) is 19.9. The van der Waals surface area contributed by atoms with Gasteiger partial charge in [-0.3, -0.25) is 9.59 Å². The van der Waals surface area contributed by atoms with Gasteiger partial charge in [-0.2, -0.15) is 0 Å². The maximum atomic E-state index is 12.8. The number of ether oxygens (including phenoxy) is 2. The van der Waals surface area contributed by atoms with Gasteiger partial charge in [0.2, 0.25) is 5.56 Å². The van der Waals surface area contributed by atoms with Crippen molar-refractivity contribution in [3.8, 4) is 11.5 Å². The molecular formula is C27H36N2O4. The molecule has 0 saturated heterocycles. The Balaban J connectivity index is 1.13. The van der Waals surface area contributed by atoms with Gasteiger partial charge in [-0.1, -0.05) is 31.7 Å². The number of hydrogen-bond donors (Lipinski definition) is 2. The van der Waals surface area contributed by atoms with Crippen LogP contribution in [-0.4, -0.2) is 31.5 Å². The first kappa shape index (κ1) is 23.6. The van der Waals surface area contributed by atoms with Crippen LogP contribution in [0.5, 0.6) is 11.5 Å². The molecule has 0 saturated carbocycles. The van der Waals surface area contributed by atoms with Crippen molar-refractivity contribution in [2.75, 3.05) is 20.8 Å². The number of aryl methyl sites for hydroxylation is 1. The smallest absolute Gasteiger partial charge is 0.248 e. The number of hydrogen-bond acceptors (Lipinski definition) is 5. The Bertz CT molecular complexity index is 1030. The molecule has 2 N–H and O–H groups in total. The molecule has 1 aromatic carbocycles. The molecule has 1 aromatic heterocycles. The normalized spacial score (nSPS) is 19.3. The molecule has 4 rings (SSSR count). The van der Waals surface area contributed by atoms with E-state index in [9.17, 15) is 9.59 Å². The summed E-state index contributed by atoms with van der Waals surface area (Å²) in [7, 11) is 3.23. The number of H-pyrrole nitrogens is 1. The lowest BCUT2D eigenvalue weighted by Gasteiger charge is -2.26. The lowest BCUT2D eigenvalue weighted by molar-refractivity contribution is 0.0928. The Morgan fingerprint density at radius 3 is 2.58 bits per heavy atom. The summed E-state index contributed by atoms with van der Waals surface area (Å²) in [6.07, 6.45) is 10.8. The molecule has 0 amide bonds. The number of pyridine rings is 1. The standard InChI is InChI=1S/C27H36N2O4/c1-32-24-16-19-15-18(27(31)21(19)17-25(24)33-2)9-6-4-3-5-7-14-28-22-10-8-11-23-20(22)12-13-26(30)29-23/h12-13,16-18,22,28H,3-11,14-15H2,1-2H3,(H,29,30)/t18?,22-/m0/s1. The molecule has 0 spiro atoms. The van der Waals surface area contributed by atoms with Gasteiger partial charge in [0.05, 0.1) is 14.2 Å². The Kier molecular flexibility index (Phi) is 7.86. The second-order valence-electron chi connectivity index (χ2n) is 9.34. The van der Waals surface area contributed by atoms with Crippen LogP contribution in [0.2, 0.25) is 0 Å². The molecule has 2 atom stereocenters. The first-order valence-corrected chi connectivity index (χ1v) is 12.3. The third-order valence-corrected chi connectivity index (χ3v) is 7.16. The number of Topliss-reactive ketones (excluding diaryl/α,β-unsaturated/α-hetero) is 1. The summed E-state index contributed by atoms with van der Waals surface area (Å²) in [6.45, 7) is 1.00. The highest BCUT2D eigenvalue weighted by Crippen LogP contribution is 2.38. The largest absolute Gasteiger partial charge is 0.493 e. The summed E-state index contributed by atoms with van der Waals surface area (Å²) in [6, 6.07) is 7.78. The van der Waals surface area contributed by atoms with E-state index in [1.807, 2.05) is 18.2 Å². The summed E-state index contributed by atoms with van der Waals surface area (Å²) in [5, 5.41) is 3.68. The van der Waals surface area contributed by atoms with Gasteiger partial charge in [-0.05, 0) is 68.3 Å². The van der Waals surface area contributed by atoms with Crippen molar-refractivity contribution in [1.82, 2.24) is 10.3 Å². The number of rotatable bonds is 11. The molecule has 2 aliphatic carbocycles. The molecule has 0 fully saturated rings. The molecule has 2 aromatic rings. The van der Waals surface area contributed by atoms with Crippen molar-refractivity contribution in [2.45, 2.75) is 70.3 Å². The fourth-order valence-electron chi connectivity index (χ4n) is 5.37. The van der Waals surface area contributed by atoms with Gasteiger partial charge in [0.25, 0.3) is 0 Å². The Morgan fingerprint density at radius 1 is 1.00 bits per heavy atom. The van der Waals surface area contributed by atoms with E-state index in [-0.39, 0.29) is 17.3 Å². The van der Waals surface area contributed by atoms with Crippen molar-refractivity contribution in [1.29, 1.82) is 0 Å². The number of fused-ring (bicyclic) bond motifs is 2. The highest BCUT2D eigenvalue weighted by Gasteiger charge is 2.31. The average Bonchev–Trinajstić information content (AvgIpc) is 3.13. The maximum Gasteiger partial charge on any atom is 0.248 e. The third kappa shape index (κ3) is 5.49. The Morgan fingerprint density at radius 2 is 1.76 bits per heavy atom. The molecule has 6 heteroatoms. The van der Waals surface area contributed by atoms with Crippen LogP contribution in [-0.2, 0) is 12.8 Å². The van der Waals surface area contributed by atoms with Crippen LogP contribution in [0.4, 0.5) is 0 Å². The van der Waals surface area contributed by atoms with Gasteiger partial charge in [-0.25, -0.2) is 0 Å². The van der Waals surface area contributed by atoms with Crippen LogP contribution in [0, 0.1) is 5.92 Å². The molecule has 1 heterocycles. The predicted molar refractivity (Wildman–Crippen MR) is 130 cm³/mol. The van der Waals surface area contributed by atoms with E-state index >= 15 is 0 Å². The lowest BCUT2D eigenvalue weighted by Crippen LogP contribution is -2.28. The number of unbranched alkanes of at least 4 members (excludes halogenated alkanes) is 4. The SMILES string of the molecule is COc1cc2c(cc1OC)C(=O)C(CCCCCCCN[C@H]1CCCc3[nH]c(=O)ccc31)C2. The zero-order valence-electron chi connectivity index (χ0n) is 19.9. The van der Waals surface area contributed by atoms with E-state index in [1.165, 1.54) is 24.8 Å². The lowest BCUT2D eigenvalue weighted by atomic mass is 9.91. The maximum absolute atomic E-state index is 12.8. The minimum absolute atomic E-state index is 0.00274. The number of carbonyl (C=O) groups excluding carboxylic acids is 1. The minimum Gasteiger partial charge on any atom is -0.493 e. The summed E-state index contributed by atoms with van der Waals surface area (Å²) < 4.78 is 10.7. The quantitative estimate of drug-likeness (QED) is 0.481. The molecule has 1 unspecified atom stereocenters. The van der Waals surface area contributed by atoms with Gasteiger partial charge < -0.3 is 19.8 Å². The fourth-order valence-corrected chi connectivity index (χ4v) is 5.37. The van der Waals surface area contributed by atoms with Crippen molar-refractivity contribution in [3.63, 3.8) is 0 Å². The zero-order chi connectivity index (χ0) is 23.2. The third-order valence-electron chi connectivity index (χ3n) is 7.16. The summed E-state index contributed by atoms with van der Waals surface area (Å²) >= 11 is 0. The predicted octanol–water partition coefficient (Wildman–Crippen LogP) is 4.75. The highest BCUT2D eigenvalue weighted by atomic mass is 16.5. The number of methoxy groups -OCH3 is 2. The Hall–Kier alpha value is -2.60. The number of nitrogens with one attached hydrogen (secondary N) is 2. The molecule has 0 aliphatic heterocycles. The summed E-state index contributed by atoms with van der Waals surface area (Å²) in [4.78, 5) is 27.3. The number of carbonyl (C=O) groups is 1. The van der Waals surface area contributed by atoms with Crippen LogP contribution >= 0.6 is 0 Å². The molecule has 2 aliphatic rings. The molecule has 6 nitrogen and oxygen atoms in total. The first-order chi connectivity index (χ1) is 16.1. The second-order valence-corrected chi connectivity index (χ2v) is 9.34. The number of ketones is 1. The van der Waals surface area contributed by atoms with E-state index in [2.05, 4.69) is 10.3 Å². The molecule has 0 bridgehead atoms. The molecule has 0 radical (unpaired) electrons. The minimum atomic E-state index is -0.00274. The van der Waals surface area contributed by atoms with E-state index < -0.39 is 0 Å². The van der Waals surface area contributed by atoms with Crippen LogP contribution in [0.15, 0.2) is 29.1 Å². The van der Waals surface area contributed by atoms with Crippen LogP contribution in [0.3, 0.4) is 0 Å².